The summed E-state index contributed by atoms with van der Waals surface area (Å²) in [5, 5.41) is 0. The molecule has 4 N–H and O–H groups in total. The van der Waals surface area contributed by atoms with E-state index in [4.69, 9.17) is 33.3 Å². The van der Waals surface area contributed by atoms with Gasteiger partial charge in [-0.25, -0.2) is 33.1 Å². The zero-order valence-electron chi connectivity index (χ0n) is 20.3. The summed E-state index contributed by atoms with van der Waals surface area (Å²) >= 11 is 0. The number of fused-ring (bicyclic) bond motifs is 4. The summed E-state index contributed by atoms with van der Waals surface area (Å²) in [4.78, 5) is 47.9. The van der Waals surface area contributed by atoms with Gasteiger partial charge in [0.15, 0.2) is 42.4 Å². The van der Waals surface area contributed by atoms with Gasteiger partial charge in [0.1, 0.15) is 36.8 Å². The molecule has 3 aliphatic heterocycles. The van der Waals surface area contributed by atoms with Gasteiger partial charge in [0, 0.05) is 16.8 Å². The largest absolute Gasteiger partial charge is 0.698 e. The van der Waals surface area contributed by atoms with Crippen LogP contribution < -0.4 is 17.0 Å². The van der Waals surface area contributed by atoms with Crippen molar-refractivity contribution in [3.05, 3.63) is 45.8 Å². The summed E-state index contributed by atoms with van der Waals surface area (Å²) in [5.41, 5.74) is 4.26. The van der Waals surface area contributed by atoms with Crippen LogP contribution in [-0.2, 0) is 36.7 Å². The summed E-state index contributed by atoms with van der Waals surface area (Å²) in [5.74, 6) is 0.0112. The third-order valence-corrected chi connectivity index (χ3v) is 8.29. The van der Waals surface area contributed by atoms with Crippen LogP contribution in [0.3, 0.4) is 0 Å². The van der Waals surface area contributed by atoms with E-state index in [1.165, 1.54) is 6.33 Å². The fourth-order valence-corrected chi connectivity index (χ4v) is 6.35. The minimum atomic E-state index is -5.12. The molecular weight excluding hydrogens is 602 g/mol. The van der Waals surface area contributed by atoms with Gasteiger partial charge < -0.3 is 20.1 Å². The smallest absolute Gasteiger partial charge is 0.382 e. The molecule has 3 aliphatic rings. The summed E-state index contributed by atoms with van der Waals surface area (Å²) in [6, 6.07) is 0.953. The van der Waals surface area contributed by atoms with E-state index in [0.717, 1.165) is 27.7 Å². The van der Waals surface area contributed by atoms with Crippen LogP contribution >= 0.6 is 16.1 Å². The molecule has 41 heavy (non-hydrogen) atoms. The van der Waals surface area contributed by atoms with Crippen molar-refractivity contribution in [1.82, 2.24) is 29.1 Å². The quantitative estimate of drug-likeness (QED) is 0.319. The maximum absolute atomic E-state index is 15.7. The number of hydrogen-bond acceptors (Lipinski definition) is 14. The lowest BCUT2D eigenvalue weighted by molar-refractivity contribution is -0.0629. The van der Waals surface area contributed by atoms with Crippen LogP contribution in [-0.4, -0.2) is 83.9 Å². The molecule has 0 radical (unpaired) electrons. The Morgan fingerprint density at radius 1 is 1.07 bits per heavy atom. The number of phosphoric ester groups is 1. The molecule has 3 aromatic rings. The minimum Gasteiger partial charge on any atom is -0.382 e. The third kappa shape index (κ3) is 5.22. The van der Waals surface area contributed by atoms with Crippen molar-refractivity contribution in [2.75, 3.05) is 18.9 Å². The van der Waals surface area contributed by atoms with Gasteiger partial charge in [-0.15, -0.1) is 9.05 Å². The molecule has 3 saturated heterocycles. The number of anilines is 1. The minimum absolute atomic E-state index is 0.0112. The molecule has 0 amide bonds. The highest BCUT2D eigenvalue weighted by molar-refractivity contribution is 7.47. The molecule has 0 aliphatic carbocycles. The Labute approximate surface area is 226 Å². The zero-order chi connectivity index (χ0) is 29.1. The highest BCUT2D eigenvalue weighted by Gasteiger charge is 2.56. The van der Waals surface area contributed by atoms with Crippen LogP contribution in [0.1, 0.15) is 12.5 Å². The Kier molecular flexibility index (Phi) is 7.29. The number of imidazole rings is 1. The molecule has 3 aromatic heterocycles. The van der Waals surface area contributed by atoms with Crippen LogP contribution in [0, 0.1) is 0 Å². The van der Waals surface area contributed by atoms with Crippen LogP contribution in [0.5, 0.6) is 0 Å². The molecule has 220 valence electrons. The predicted molar refractivity (Wildman–Crippen MR) is 128 cm³/mol. The summed E-state index contributed by atoms with van der Waals surface area (Å²) < 4.78 is 90.0. The molecule has 18 nitrogen and oxygen atoms in total. The monoisotopic (exact) mass is 622 g/mol. The third-order valence-electron chi connectivity index (χ3n) is 6.53. The molecule has 6 rings (SSSR count). The van der Waals surface area contributed by atoms with Crippen molar-refractivity contribution in [3.63, 3.8) is 0 Å². The molecule has 22 heteroatoms. The molecular formula is C19H20F2N7O11P2+. The topological polar surface area (TPSA) is 234 Å². The molecule has 6 heterocycles. The Morgan fingerprint density at radius 3 is 2.63 bits per heavy atom. The standard InChI is InChI=1S/C19H19F2N7O11P2/c20-10-7-4-35-41(32,33)39-13-8(37-17(11(13)21)28-6-25-12-15(22)23-5-24-16(12)28)3-34-40(31)38-14(10)18(36-7)27-2-1-9(29)26-19(27)30/h1-2,5-8,10-11,13-14,17-18H,3-4H2,(H3-,22,23,24,26,29,30,32,33)/p+1/t7-,8-,10-,11-,13-,14-,17-,18-/m1/s1. The van der Waals surface area contributed by atoms with Gasteiger partial charge in [-0.1, -0.05) is 0 Å². The first kappa shape index (κ1) is 28.1. The number of alkyl halides is 2. The van der Waals surface area contributed by atoms with E-state index in [1.807, 2.05) is 4.98 Å². The lowest BCUT2D eigenvalue weighted by atomic mass is 10.1. The predicted octanol–water partition coefficient (Wildman–Crippen LogP) is 0.00470. The van der Waals surface area contributed by atoms with Crippen LogP contribution in [0.4, 0.5) is 14.6 Å². The normalized spacial score (nSPS) is 37.3. The second kappa shape index (κ2) is 10.6. The van der Waals surface area contributed by atoms with Gasteiger partial charge in [-0.2, -0.15) is 0 Å². The number of phosphoric acid groups is 1. The highest BCUT2D eigenvalue weighted by Crippen LogP contribution is 2.51. The highest BCUT2D eigenvalue weighted by atomic mass is 31.2. The summed E-state index contributed by atoms with van der Waals surface area (Å²) in [7, 11) is -8.29. The van der Waals surface area contributed by atoms with E-state index >= 15 is 8.78 Å². The molecule has 3 fully saturated rings. The van der Waals surface area contributed by atoms with E-state index in [0.29, 0.717) is 0 Å². The Balaban J connectivity index is 1.29. The van der Waals surface area contributed by atoms with Gasteiger partial charge in [0.25, 0.3) is 5.56 Å². The van der Waals surface area contributed by atoms with Crippen LogP contribution in [0.15, 0.2) is 34.5 Å². The van der Waals surface area contributed by atoms with Crippen LogP contribution in [0.2, 0.25) is 0 Å². The number of nitrogens with one attached hydrogen (secondary N) is 1. The number of nitrogen functional groups attached to an aromatic ring is 1. The summed E-state index contributed by atoms with van der Waals surface area (Å²) in [6.07, 6.45) is -10.9. The molecule has 0 saturated carbocycles. The first-order chi connectivity index (χ1) is 19.5. The first-order valence-corrected chi connectivity index (χ1v) is 14.4. The van der Waals surface area contributed by atoms with E-state index in [1.54, 1.807) is 0 Å². The van der Waals surface area contributed by atoms with E-state index < -0.39 is 89.8 Å². The van der Waals surface area contributed by atoms with Gasteiger partial charge in [-0.05, 0) is 0 Å². The number of H-pyrrole nitrogens is 1. The Hall–Kier alpha value is -3.06. The number of nitrogens with zero attached hydrogens (tertiary/aromatic N) is 5. The fraction of sp³-hybridized carbons (Fsp3) is 0.526. The second-order valence-corrected chi connectivity index (χ2v) is 11.4. The SMILES string of the molecule is Nc1ncnc2c1ncn2[C@@H]1O[C@@H]2CO[P+](=O)O[C@@H]3[C@H](F)[C@@H](COP(=O)(O)O[C@H]2[C@H]1F)O[C@H]3n1ccc(=O)[nH]c1=O. The maximum atomic E-state index is 15.7. The average Bonchev–Trinajstić information content (AvgIpc) is 3.57. The van der Waals surface area contributed by atoms with Crippen molar-refractivity contribution < 1.29 is 50.4 Å². The van der Waals surface area contributed by atoms with Gasteiger partial charge in [-0.3, -0.25) is 28.0 Å². The van der Waals surface area contributed by atoms with Crippen molar-refractivity contribution in [1.29, 1.82) is 0 Å². The number of nitrogens with two attached hydrogens (primary N) is 1. The molecule has 2 unspecified atom stereocenters. The van der Waals surface area contributed by atoms with Gasteiger partial charge >= 0.3 is 21.8 Å². The average molecular weight is 622 g/mol. The van der Waals surface area contributed by atoms with Gasteiger partial charge in [0.05, 0.1) is 12.9 Å². The molecule has 2 bridgehead atoms. The fourth-order valence-electron chi connectivity index (χ4n) is 4.64. The number of halogens is 2. The number of aromatic amines is 1. The van der Waals surface area contributed by atoms with E-state index in [9.17, 15) is 23.6 Å². The van der Waals surface area contributed by atoms with Gasteiger partial charge in [0.2, 0.25) is 0 Å². The van der Waals surface area contributed by atoms with E-state index in [2.05, 4.69) is 15.0 Å². The lowest BCUT2D eigenvalue weighted by Crippen LogP contribution is -2.37. The molecule has 0 spiro atoms. The van der Waals surface area contributed by atoms with Crippen molar-refractivity contribution in [2.45, 2.75) is 49.2 Å². The lowest BCUT2D eigenvalue weighted by Gasteiger charge is -2.22. The van der Waals surface area contributed by atoms with Crippen molar-refractivity contribution in [3.8, 4) is 0 Å². The number of aromatic nitrogens is 6. The zero-order valence-corrected chi connectivity index (χ0v) is 22.1. The van der Waals surface area contributed by atoms with Crippen molar-refractivity contribution in [2.24, 2.45) is 0 Å². The van der Waals surface area contributed by atoms with E-state index in [-0.39, 0.29) is 17.0 Å². The number of rotatable bonds is 2. The second-order valence-electron chi connectivity index (χ2n) is 9.04. The Bertz CT molecular complexity index is 1650. The molecule has 10 atom stereocenters. The van der Waals surface area contributed by atoms with Crippen LogP contribution in [0.25, 0.3) is 11.2 Å². The number of ether oxygens (including phenoxy) is 2. The molecule has 0 aromatic carbocycles. The first-order valence-electron chi connectivity index (χ1n) is 11.8. The van der Waals surface area contributed by atoms with Crippen molar-refractivity contribution >= 4 is 33.1 Å². The summed E-state index contributed by atoms with van der Waals surface area (Å²) in [6.45, 7) is -1.65. The Morgan fingerprint density at radius 2 is 1.85 bits per heavy atom. The maximum Gasteiger partial charge on any atom is 0.698 e. The number of hydrogen-bond donors (Lipinski definition) is 3.